The summed E-state index contributed by atoms with van der Waals surface area (Å²) in [5.41, 5.74) is 1.18. The van der Waals surface area contributed by atoms with Gasteiger partial charge in [-0.05, 0) is 18.6 Å². The molecule has 0 aliphatic carbocycles. The predicted octanol–water partition coefficient (Wildman–Crippen LogP) is 1.93. The van der Waals surface area contributed by atoms with E-state index < -0.39 is 0 Å². The highest BCUT2D eigenvalue weighted by molar-refractivity contribution is 5.69. The average Bonchev–Trinajstić information content (AvgIpc) is 2.42. The first-order chi connectivity index (χ1) is 8.72. The van der Waals surface area contributed by atoms with Crippen LogP contribution in [0.3, 0.4) is 0 Å². The van der Waals surface area contributed by atoms with Gasteiger partial charge < -0.3 is 14.8 Å². The van der Waals surface area contributed by atoms with E-state index in [2.05, 4.69) is 16.1 Å². The predicted molar refractivity (Wildman–Crippen MR) is 67.4 cm³/mol. The molecule has 0 aliphatic heterocycles. The first kappa shape index (κ1) is 13.8. The molecule has 0 bridgehead atoms. The molecule has 1 aromatic rings. The van der Waals surface area contributed by atoms with E-state index in [1.54, 1.807) is 25.3 Å². The molecule has 18 heavy (non-hydrogen) atoms. The van der Waals surface area contributed by atoms with Gasteiger partial charge in [0.1, 0.15) is 11.8 Å². The molecule has 0 saturated carbocycles. The molecule has 0 aromatic heterocycles. The zero-order valence-corrected chi connectivity index (χ0v) is 10.5. The number of para-hydroxylation sites is 1. The van der Waals surface area contributed by atoms with Crippen molar-refractivity contribution >= 4 is 11.7 Å². The summed E-state index contributed by atoms with van der Waals surface area (Å²) in [4.78, 5) is 10.9. The number of hydrogen-bond donors (Lipinski definition) is 1. The molecule has 96 valence electrons. The molecular weight excluding hydrogens is 232 g/mol. The second-order valence-corrected chi connectivity index (χ2v) is 3.60. The molecule has 0 atom stereocenters. The molecule has 0 amide bonds. The van der Waals surface area contributed by atoms with E-state index in [0.717, 1.165) is 0 Å². The van der Waals surface area contributed by atoms with Crippen molar-refractivity contribution in [2.75, 3.05) is 26.1 Å². The van der Waals surface area contributed by atoms with Crippen LogP contribution in [0.25, 0.3) is 0 Å². The van der Waals surface area contributed by atoms with E-state index in [-0.39, 0.29) is 5.97 Å². The standard InChI is InChI=1S/C13H16N2O3/c1-17-11-6-3-5-10(9-14)13(11)15-8-4-7-12(16)18-2/h3,5-6,15H,4,7-8H2,1-2H3. The maximum absolute atomic E-state index is 10.9. The van der Waals surface area contributed by atoms with Crippen LogP contribution in [0.4, 0.5) is 5.69 Å². The fourth-order valence-electron chi connectivity index (χ4n) is 1.52. The number of anilines is 1. The Bertz CT molecular complexity index is 452. The number of nitriles is 1. The number of nitrogens with zero attached hydrogens (tertiary/aromatic N) is 1. The Kier molecular flexibility index (Phi) is 5.52. The summed E-state index contributed by atoms with van der Waals surface area (Å²) in [6.45, 7) is 0.574. The SMILES string of the molecule is COC(=O)CCCNc1c(C#N)cccc1OC. The van der Waals surface area contributed by atoms with Crippen molar-refractivity contribution in [1.29, 1.82) is 5.26 Å². The molecule has 0 saturated heterocycles. The molecule has 0 unspecified atom stereocenters. The summed E-state index contributed by atoms with van der Waals surface area (Å²) in [6, 6.07) is 7.35. The summed E-state index contributed by atoms with van der Waals surface area (Å²) < 4.78 is 9.73. The van der Waals surface area contributed by atoms with Crippen molar-refractivity contribution in [2.24, 2.45) is 0 Å². The van der Waals surface area contributed by atoms with Crippen LogP contribution in [0.1, 0.15) is 18.4 Å². The number of esters is 1. The minimum absolute atomic E-state index is 0.239. The second kappa shape index (κ2) is 7.17. The van der Waals surface area contributed by atoms with Gasteiger partial charge in [0.2, 0.25) is 0 Å². The van der Waals surface area contributed by atoms with Gasteiger partial charge in [0, 0.05) is 13.0 Å². The fraction of sp³-hybridized carbons (Fsp3) is 0.385. The molecule has 1 aromatic carbocycles. The highest BCUT2D eigenvalue weighted by Crippen LogP contribution is 2.27. The number of benzene rings is 1. The Balaban J connectivity index is 2.61. The lowest BCUT2D eigenvalue weighted by Crippen LogP contribution is -2.08. The van der Waals surface area contributed by atoms with Gasteiger partial charge in [0.05, 0.1) is 25.5 Å². The van der Waals surface area contributed by atoms with E-state index in [9.17, 15) is 4.79 Å². The van der Waals surface area contributed by atoms with Crippen molar-refractivity contribution in [3.8, 4) is 11.8 Å². The van der Waals surface area contributed by atoms with E-state index in [4.69, 9.17) is 10.00 Å². The van der Waals surface area contributed by atoms with E-state index in [1.165, 1.54) is 7.11 Å². The fourth-order valence-corrected chi connectivity index (χ4v) is 1.52. The van der Waals surface area contributed by atoms with Gasteiger partial charge >= 0.3 is 5.97 Å². The molecule has 0 radical (unpaired) electrons. The number of nitrogens with one attached hydrogen (secondary N) is 1. The van der Waals surface area contributed by atoms with Crippen molar-refractivity contribution in [3.63, 3.8) is 0 Å². The maximum Gasteiger partial charge on any atom is 0.305 e. The summed E-state index contributed by atoms with van der Waals surface area (Å²) in [6.07, 6.45) is 0.982. The number of rotatable bonds is 6. The highest BCUT2D eigenvalue weighted by atomic mass is 16.5. The molecule has 5 heteroatoms. The first-order valence-corrected chi connectivity index (χ1v) is 5.60. The Morgan fingerprint density at radius 1 is 1.44 bits per heavy atom. The molecule has 1 N–H and O–H groups in total. The average molecular weight is 248 g/mol. The van der Waals surface area contributed by atoms with Crippen LogP contribution in [0, 0.1) is 11.3 Å². The van der Waals surface area contributed by atoms with Crippen LogP contribution < -0.4 is 10.1 Å². The summed E-state index contributed by atoms with van der Waals surface area (Å²) >= 11 is 0. The largest absolute Gasteiger partial charge is 0.495 e. The number of methoxy groups -OCH3 is 2. The molecule has 0 spiro atoms. The quantitative estimate of drug-likeness (QED) is 0.615. The van der Waals surface area contributed by atoms with Gasteiger partial charge in [-0.25, -0.2) is 0 Å². The molecule has 0 heterocycles. The van der Waals surface area contributed by atoms with Crippen molar-refractivity contribution < 1.29 is 14.3 Å². The molecule has 0 fully saturated rings. The summed E-state index contributed by atoms with van der Waals surface area (Å²) in [5.74, 6) is 0.379. The number of carbonyl (C=O) groups excluding carboxylic acids is 1. The third-order valence-electron chi connectivity index (χ3n) is 2.45. The molecular formula is C13H16N2O3. The van der Waals surface area contributed by atoms with E-state index >= 15 is 0 Å². The Hall–Kier alpha value is -2.22. The van der Waals surface area contributed by atoms with Gasteiger partial charge in [-0.1, -0.05) is 6.07 Å². The molecule has 5 nitrogen and oxygen atoms in total. The molecule has 1 rings (SSSR count). The lowest BCUT2D eigenvalue weighted by molar-refractivity contribution is -0.140. The topological polar surface area (TPSA) is 71.3 Å². The Labute approximate surface area is 106 Å². The van der Waals surface area contributed by atoms with Gasteiger partial charge in [-0.15, -0.1) is 0 Å². The lowest BCUT2D eigenvalue weighted by atomic mass is 10.1. The zero-order chi connectivity index (χ0) is 13.4. The lowest BCUT2D eigenvalue weighted by Gasteiger charge is -2.12. The molecule has 0 aliphatic rings. The van der Waals surface area contributed by atoms with Crippen LogP contribution in [-0.2, 0) is 9.53 Å². The van der Waals surface area contributed by atoms with Crippen LogP contribution in [0.15, 0.2) is 18.2 Å². The van der Waals surface area contributed by atoms with Gasteiger partial charge in [-0.3, -0.25) is 4.79 Å². The van der Waals surface area contributed by atoms with Crippen LogP contribution >= 0.6 is 0 Å². The monoisotopic (exact) mass is 248 g/mol. The van der Waals surface area contributed by atoms with Gasteiger partial charge in [0.25, 0.3) is 0 Å². The normalized spacial score (nSPS) is 9.39. The number of carbonyl (C=O) groups is 1. The first-order valence-electron chi connectivity index (χ1n) is 5.60. The maximum atomic E-state index is 10.9. The minimum Gasteiger partial charge on any atom is -0.495 e. The third kappa shape index (κ3) is 3.67. The Morgan fingerprint density at radius 3 is 2.83 bits per heavy atom. The van der Waals surface area contributed by atoms with Crippen LogP contribution in [-0.4, -0.2) is 26.7 Å². The van der Waals surface area contributed by atoms with Crippen molar-refractivity contribution in [3.05, 3.63) is 23.8 Å². The van der Waals surface area contributed by atoms with Crippen LogP contribution in [0.5, 0.6) is 5.75 Å². The second-order valence-electron chi connectivity index (χ2n) is 3.60. The smallest absolute Gasteiger partial charge is 0.305 e. The van der Waals surface area contributed by atoms with Crippen molar-refractivity contribution in [1.82, 2.24) is 0 Å². The summed E-state index contributed by atoms with van der Waals surface area (Å²) in [5, 5.41) is 12.1. The highest BCUT2D eigenvalue weighted by Gasteiger charge is 2.08. The Morgan fingerprint density at radius 2 is 2.22 bits per heavy atom. The van der Waals surface area contributed by atoms with Crippen molar-refractivity contribution in [2.45, 2.75) is 12.8 Å². The third-order valence-corrected chi connectivity index (χ3v) is 2.45. The van der Waals surface area contributed by atoms with E-state index in [0.29, 0.717) is 36.4 Å². The van der Waals surface area contributed by atoms with Gasteiger partial charge in [0.15, 0.2) is 0 Å². The van der Waals surface area contributed by atoms with Gasteiger partial charge in [-0.2, -0.15) is 5.26 Å². The van der Waals surface area contributed by atoms with Crippen LogP contribution in [0.2, 0.25) is 0 Å². The number of ether oxygens (including phenoxy) is 2. The zero-order valence-electron chi connectivity index (χ0n) is 10.5. The number of hydrogen-bond acceptors (Lipinski definition) is 5. The summed E-state index contributed by atoms with van der Waals surface area (Å²) in [7, 11) is 2.92. The minimum atomic E-state index is -0.239. The van der Waals surface area contributed by atoms with E-state index in [1.807, 2.05) is 0 Å².